The molecule has 2 aromatic rings. The van der Waals surface area contributed by atoms with Gasteiger partial charge in [0.15, 0.2) is 0 Å². The molecule has 0 aliphatic rings. The number of nitrogens with two attached hydrogens (primary N) is 1. The smallest absolute Gasteiger partial charge is 0.131 e. The van der Waals surface area contributed by atoms with Crippen LogP contribution in [0.3, 0.4) is 0 Å². The Morgan fingerprint density at radius 3 is 2.63 bits per heavy atom. The molecule has 0 saturated heterocycles. The van der Waals surface area contributed by atoms with E-state index in [1.165, 1.54) is 4.88 Å². The molecule has 19 heavy (non-hydrogen) atoms. The standard InChI is InChI=1S/C13H13N3S.C2H6/c1-3-10(7-12-9(2)17-8-16-12)11-5-4-6-15-13(11)14;1-2/h3-8H,1H2,2H3,(H2,14,15);1-2H3/b10-7+;. The Morgan fingerprint density at radius 2 is 2.11 bits per heavy atom. The third kappa shape index (κ3) is 3.76. The van der Waals surface area contributed by atoms with E-state index >= 15 is 0 Å². The molecular formula is C15H19N3S. The molecule has 0 aliphatic heterocycles. The fourth-order valence-corrected chi connectivity index (χ4v) is 2.06. The van der Waals surface area contributed by atoms with Crippen molar-refractivity contribution in [3.8, 4) is 0 Å². The van der Waals surface area contributed by atoms with E-state index in [1.807, 2.05) is 44.5 Å². The fraction of sp³-hybridized carbons (Fsp3) is 0.200. The van der Waals surface area contributed by atoms with Crippen LogP contribution in [0.15, 0.2) is 36.5 Å². The Balaban J connectivity index is 0.000000861. The molecule has 0 amide bonds. The van der Waals surface area contributed by atoms with Crippen molar-refractivity contribution < 1.29 is 0 Å². The lowest BCUT2D eigenvalue weighted by atomic mass is 10.1. The van der Waals surface area contributed by atoms with Gasteiger partial charge in [0.1, 0.15) is 5.82 Å². The molecule has 0 saturated carbocycles. The van der Waals surface area contributed by atoms with E-state index in [0.29, 0.717) is 5.82 Å². The lowest BCUT2D eigenvalue weighted by Crippen LogP contribution is -1.95. The Morgan fingerprint density at radius 1 is 1.37 bits per heavy atom. The first-order valence-corrected chi connectivity index (χ1v) is 7.05. The molecule has 0 aromatic carbocycles. The zero-order valence-corrected chi connectivity index (χ0v) is 12.4. The highest BCUT2D eigenvalue weighted by molar-refractivity contribution is 7.09. The Bertz CT molecular complexity index is 570. The van der Waals surface area contributed by atoms with Gasteiger partial charge >= 0.3 is 0 Å². The molecule has 0 atom stereocenters. The molecule has 2 heterocycles. The highest BCUT2D eigenvalue weighted by Crippen LogP contribution is 2.24. The summed E-state index contributed by atoms with van der Waals surface area (Å²) in [6, 6.07) is 3.79. The van der Waals surface area contributed by atoms with E-state index in [4.69, 9.17) is 5.73 Å². The minimum absolute atomic E-state index is 0.506. The summed E-state index contributed by atoms with van der Waals surface area (Å²) in [5.74, 6) is 0.506. The van der Waals surface area contributed by atoms with Crippen LogP contribution in [0.1, 0.15) is 30.0 Å². The van der Waals surface area contributed by atoms with Gasteiger partial charge < -0.3 is 5.73 Å². The van der Waals surface area contributed by atoms with E-state index in [2.05, 4.69) is 16.5 Å². The molecule has 0 bridgehead atoms. The lowest BCUT2D eigenvalue weighted by molar-refractivity contribution is 1.32. The van der Waals surface area contributed by atoms with Crippen molar-refractivity contribution in [1.29, 1.82) is 0 Å². The lowest BCUT2D eigenvalue weighted by Gasteiger charge is -2.04. The number of hydrogen-bond donors (Lipinski definition) is 1. The number of rotatable bonds is 3. The first kappa shape index (κ1) is 15.1. The molecule has 2 N–H and O–H groups in total. The van der Waals surface area contributed by atoms with Gasteiger partial charge in [-0.25, -0.2) is 9.97 Å². The van der Waals surface area contributed by atoms with E-state index in [1.54, 1.807) is 23.6 Å². The molecule has 2 rings (SSSR count). The van der Waals surface area contributed by atoms with Crippen LogP contribution >= 0.6 is 11.3 Å². The fourth-order valence-electron chi connectivity index (χ4n) is 1.51. The van der Waals surface area contributed by atoms with Crippen molar-refractivity contribution in [2.45, 2.75) is 20.8 Å². The number of nitrogen functional groups attached to an aromatic ring is 1. The summed E-state index contributed by atoms with van der Waals surface area (Å²) in [4.78, 5) is 9.54. The van der Waals surface area contributed by atoms with E-state index < -0.39 is 0 Å². The normalized spacial score (nSPS) is 10.6. The number of thiazole rings is 1. The van der Waals surface area contributed by atoms with Crippen molar-refractivity contribution in [2.75, 3.05) is 5.73 Å². The van der Waals surface area contributed by atoms with Crippen LogP contribution in [-0.4, -0.2) is 9.97 Å². The SMILES string of the molecule is C=C/C(=C\c1ncsc1C)c1cccnc1N.CC. The van der Waals surface area contributed by atoms with Crippen molar-refractivity contribution in [2.24, 2.45) is 0 Å². The quantitative estimate of drug-likeness (QED) is 0.853. The zero-order chi connectivity index (χ0) is 14.3. The molecule has 4 heteroatoms. The zero-order valence-electron chi connectivity index (χ0n) is 11.6. The molecule has 0 fully saturated rings. The Hall–Kier alpha value is -1.94. The largest absolute Gasteiger partial charge is 0.383 e. The summed E-state index contributed by atoms with van der Waals surface area (Å²) in [5.41, 5.74) is 10.4. The third-order valence-corrected chi connectivity index (χ3v) is 3.22. The van der Waals surface area contributed by atoms with Crippen LogP contribution in [0.25, 0.3) is 11.6 Å². The van der Waals surface area contributed by atoms with Gasteiger partial charge in [-0.3, -0.25) is 0 Å². The molecule has 2 aromatic heterocycles. The van der Waals surface area contributed by atoms with Gasteiger partial charge in [0, 0.05) is 16.6 Å². The highest BCUT2D eigenvalue weighted by Gasteiger charge is 2.05. The van der Waals surface area contributed by atoms with Gasteiger partial charge in [0.2, 0.25) is 0 Å². The third-order valence-electron chi connectivity index (χ3n) is 2.44. The molecule has 100 valence electrons. The van der Waals surface area contributed by atoms with Gasteiger partial charge in [-0.15, -0.1) is 11.3 Å². The molecule has 3 nitrogen and oxygen atoms in total. The van der Waals surface area contributed by atoms with Crippen LogP contribution in [-0.2, 0) is 0 Å². The second kappa shape index (κ2) is 7.48. The number of pyridine rings is 1. The van der Waals surface area contributed by atoms with Crippen LogP contribution in [0.2, 0.25) is 0 Å². The van der Waals surface area contributed by atoms with Crippen LogP contribution < -0.4 is 5.73 Å². The van der Waals surface area contributed by atoms with Crippen LogP contribution in [0.4, 0.5) is 5.82 Å². The minimum Gasteiger partial charge on any atom is -0.383 e. The maximum atomic E-state index is 5.85. The number of aryl methyl sites for hydroxylation is 1. The van der Waals surface area contributed by atoms with Crippen molar-refractivity contribution in [1.82, 2.24) is 9.97 Å². The van der Waals surface area contributed by atoms with E-state index in [0.717, 1.165) is 16.8 Å². The van der Waals surface area contributed by atoms with Gasteiger partial charge in [-0.1, -0.05) is 26.5 Å². The molecule has 0 unspecified atom stereocenters. The average molecular weight is 273 g/mol. The van der Waals surface area contributed by atoms with Crippen LogP contribution in [0, 0.1) is 6.92 Å². The number of allylic oxidation sites excluding steroid dienone is 2. The van der Waals surface area contributed by atoms with Gasteiger partial charge in [0.05, 0.1) is 11.2 Å². The van der Waals surface area contributed by atoms with E-state index in [-0.39, 0.29) is 0 Å². The summed E-state index contributed by atoms with van der Waals surface area (Å²) < 4.78 is 0. The first-order chi connectivity index (χ1) is 9.22. The molecular weight excluding hydrogens is 254 g/mol. The van der Waals surface area contributed by atoms with Crippen molar-refractivity contribution in [3.63, 3.8) is 0 Å². The van der Waals surface area contributed by atoms with Gasteiger partial charge in [-0.2, -0.15) is 0 Å². The van der Waals surface area contributed by atoms with Gasteiger partial charge in [-0.05, 0) is 30.7 Å². The Labute approximate surface area is 118 Å². The Kier molecular flexibility index (Phi) is 5.96. The van der Waals surface area contributed by atoms with Crippen molar-refractivity contribution >= 4 is 28.8 Å². The molecule has 0 aliphatic carbocycles. The van der Waals surface area contributed by atoms with Crippen LogP contribution in [0.5, 0.6) is 0 Å². The average Bonchev–Trinajstić information content (AvgIpc) is 2.85. The highest BCUT2D eigenvalue weighted by atomic mass is 32.1. The number of anilines is 1. The first-order valence-electron chi connectivity index (χ1n) is 6.17. The maximum Gasteiger partial charge on any atom is 0.131 e. The predicted molar refractivity (Wildman–Crippen MR) is 84.9 cm³/mol. The number of aromatic nitrogens is 2. The second-order valence-electron chi connectivity index (χ2n) is 3.53. The summed E-state index contributed by atoms with van der Waals surface area (Å²) in [5, 5.41) is 0. The number of nitrogens with zero attached hydrogens (tertiary/aromatic N) is 2. The molecule has 0 spiro atoms. The monoisotopic (exact) mass is 273 g/mol. The maximum absolute atomic E-state index is 5.85. The second-order valence-corrected chi connectivity index (χ2v) is 4.59. The van der Waals surface area contributed by atoms with E-state index in [9.17, 15) is 0 Å². The predicted octanol–water partition coefficient (Wildman–Crippen LogP) is 4.18. The minimum atomic E-state index is 0.506. The summed E-state index contributed by atoms with van der Waals surface area (Å²) in [6.45, 7) is 9.85. The molecule has 0 radical (unpaired) electrons. The van der Waals surface area contributed by atoms with Gasteiger partial charge in [0.25, 0.3) is 0 Å². The summed E-state index contributed by atoms with van der Waals surface area (Å²) in [6.07, 6.45) is 5.42. The number of hydrogen-bond acceptors (Lipinski definition) is 4. The van der Waals surface area contributed by atoms with Crippen molar-refractivity contribution in [3.05, 3.63) is 52.6 Å². The summed E-state index contributed by atoms with van der Waals surface area (Å²) >= 11 is 1.62. The summed E-state index contributed by atoms with van der Waals surface area (Å²) in [7, 11) is 0. The topological polar surface area (TPSA) is 51.8 Å².